The first kappa shape index (κ1) is 17.1. The standard InChI is InChI=1S/C16H25F2NO/c1-4-7-16(2,12-19-8-9-20-3)11-13-10-14(17)5-6-15(13)18/h5-6,10,19H,4,7-9,11-12H2,1-3H3. The van der Waals surface area contributed by atoms with Gasteiger partial charge in [0.15, 0.2) is 0 Å². The van der Waals surface area contributed by atoms with Crippen molar-refractivity contribution in [1.82, 2.24) is 5.32 Å². The highest BCUT2D eigenvalue weighted by Crippen LogP contribution is 2.29. The van der Waals surface area contributed by atoms with Crippen molar-refractivity contribution in [2.45, 2.75) is 33.1 Å². The van der Waals surface area contributed by atoms with Gasteiger partial charge in [0.25, 0.3) is 0 Å². The van der Waals surface area contributed by atoms with E-state index in [0.29, 0.717) is 18.6 Å². The molecule has 0 heterocycles. The summed E-state index contributed by atoms with van der Waals surface area (Å²) < 4.78 is 32.0. The lowest BCUT2D eigenvalue weighted by Gasteiger charge is -2.30. The molecule has 0 aliphatic heterocycles. The molecule has 114 valence electrons. The minimum absolute atomic E-state index is 0.0862. The van der Waals surface area contributed by atoms with Crippen molar-refractivity contribution in [1.29, 1.82) is 0 Å². The second-order valence-electron chi connectivity index (χ2n) is 5.64. The molecule has 4 heteroatoms. The Kier molecular flexibility index (Phi) is 7.10. The van der Waals surface area contributed by atoms with Crippen LogP contribution in [0.25, 0.3) is 0 Å². The van der Waals surface area contributed by atoms with Crippen LogP contribution in [0.5, 0.6) is 0 Å². The molecule has 0 aliphatic rings. The van der Waals surface area contributed by atoms with Gasteiger partial charge < -0.3 is 10.1 Å². The van der Waals surface area contributed by atoms with Crippen molar-refractivity contribution in [3.8, 4) is 0 Å². The SMILES string of the molecule is CCCC(C)(CNCCOC)Cc1cc(F)ccc1F. The Morgan fingerprint density at radius 2 is 2.05 bits per heavy atom. The van der Waals surface area contributed by atoms with Crippen LogP contribution in [-0.4, -0.2) is 26.8 Å². The number of rotatable bonds is 9. The second kappa shape index (κ2) is 8.32. The van der Waals surface area contributed by atoms with Crippen molar-refractivity contribution in [3.63, 3.8) is 0 Å². The molecule has 0 radical (unpaired) electrons. The quantitative estimate of drug-likeness (QED) is 0.701. The summed E-state index contributed by atoms with van der Waals surface area (Å²) in [5.41, 5.74) is 0.367. The monoisotopic (exact) mass is 285 g/mol. The van der Waals surface area contributed by atoms with Crippen LogP contribution in [0.2, 0.25) is 0 Å². The maximum Gasteiger partial charge on any atom is 0.126 e. The highest BCUT2D eigenvalue weighted by atomic mass is 19.1. The summed E-state index contributed by atoms with van der Waals surface area (Å²) in [7, 11) is 1.66. The normalized spacial score (nSPS) is 14.2. The highest BCUT2D eigenvalue weighted by Gasteiger charge is 2.25. The van der Waals surface area contributed by atoms with Crippen molar-refractivity contribution < 1.29 is 13.5 Å². The fourth-order valence-electron chi connectivity index (χ4n) is 2.55. The van der Waals surface area contributed by atoms with Crippen molar-refractivity contribution in [2.75, 3.05) is 26.8 Å². The molecule has 0 saturated heterocycles. The Morgan fingerprint density at radius 1 is 1.30 bits per heavy atom. The third-order valence-electron chi connectivity index (χ3n) is 3.51. The van der Waals surface area contributed by atoms with Crippen LogP contribution in [0.15, 0.2) is 18.2 Å². The van der Waals surface area contributed by atoms with Crippen LogP contribution in [0, 0.1) is 17.0 Å². The third kappa shape index (κ3) is 5.55. The van der Waals surface area contributed by atoms with Gasteiger partial charge in [0.1, 0.15) is 11.6 Å². The number of benzene rings is 1. The van der Waals surface area contributed by atoms with Gasteiger partial charge in [0, 0.05) is 20.2 Å². The Morgan fingerprint density at radius 3 is 2.70 bits per heavy atom. The van der Waals surface area contributed by atoms with E-state index in [-0.39, 0.29) is 17.0 Å². The van der Waals surface area contributed by atoms with Crippen LogP contribution >= 0.6 is 0 Å². The summed E-state index contributed by atoms with van der Waals surface area (Å²) in [6.45, 7) is 6.40. The number of nitrogens with one attached hydrogen (secondary N) is 1. The van der Waals surface area contributed by atoms with E-state index in [2.05, 4.69) is 19.2 Å². The van der Waals surface area contributed by atoms with E-state index in [4.69, 9.17) is 4.74 Å². The molecular formula is C16H25F2NO. The van der Waals surface area contributed by atoms with Gasteiger partial charge in [-0.1, -0.05) is 20.3 Å². The number of halogens is 2. The summed E-state index contributed by atoms with van der Waals surface area (Å²) in [6, 6.07) is 3.67. The van der Waals surface area contributed by atoms with Gasteiger partial charge in [-0.3, -0.25) is 0 Å². The first-order valence-corrected chi connectivity index (χ1v) is 7.14. The van der Waals surface area contributed by atoms with Gasteiger partial charge in [-0.2, -0.15) is 0 Å². The first-order chi connectivity index (χ1) is 9.50. The van der Waals surface area contributed by atoms with Crippen molar-refractivity contribution in [2.24, 2.45) is 5.41 Å². The van der Waals surface area contributed by atoms with E-state index in [1.807, 2.05) is 0 Å². The molecular weight excluding hydrogens is 260 g/mol. The van der Waals surface area contributed by atoms with Gasteiger partial charge in [0.05, 0.1) is 6.61 Å². The highest BCUT2D eigenvalue weighted by molar-refractivity contribution is 5.20. The van der Waals surface area contributed by atoms with Gasteiger partial charge >= 0.3 is 0 Å². The molecule has 0 aliphatic carbocycles. The third-order valence-corrected chi connectivity index (χ3v) is 3.51. The lowest BCUT2D eigenvalue weighted by atomic mass is 9.79. The maximum absolute atomic E-state index is 13.8. The number of ether oxygens (including phenoxy) is 1. The van der Waals surface area contributed by atoms with E-state index in [1.165, 1.54) is 12.1 Å². The Balaban J connectivity index is 2.71. The van der Waals surface area contributed by atoms with Gasteiger partial charge in [-0.15, -0.1) is 0 Å². The zero-order valence-electron chi connectivity index (χ0n) is 12.6. The molecule has 2 nitrogen and oxygen atoms in total. The largest absolute Gasteiger partial charge is 0.383 e. The summed E-state index contributed by atoms with van der Waals surface area (Å²) >= 11 is 0. The molecule has 1 aromatic rings. The van der Waals surface area contributed by atoms with Crippen molar-refractivity contribution in [3.05, 3.63) is 35.4 Å². The lowest BCUT2D eigenvalue weighted by Crippen LogP contribution is -2.35. The van der Waals surface area contributed by atoms with Gasteiger partial charge in [-0.05, 0) is 42.0 Å². The summed E-state index contributed by atoms with van der Waals surface area (Å²) in [5, 5.41) is 3.32. The van der Waals surface area contributed by atoms with E-state index in [1.54, 1.807) is 7.11 Å². The van der Waals surface area contributed by atoms with Crippen LogP contribution < -0.4 is 5.32 Å². The molecule has 0 bridgehead atoms. The molecule has 1 rings (SSSR count). The van der Waals surface area contributed by atoms with Crippen LogP contribution in [0.3, 0.4) is 0 Å². The maximum atomic E-state index is 13.8. The Bertz CT molecular complexity index is 411. The molecule has 1 N–H and O–H groups in total. The van der Waals surface area contributed by atoms with Gasteiger partial charge in [-0.25, -0.2) is 8.78 Å². The number of hydrogen-bond donors (Lipinski definition) is 1. The van der Waals surface area contributed by atoms with E-state index in [0.717, 1.165) is 32.0 Å². The van der Waals surface area contributed by atoms with Crippen LogP contribution in [-0.2, 0) is 11.2 Å². The van der Waals surface area contributed by atoms with Crippen LogP contribution in [0.1, 0.15) is 32.3 Å². The molecule has 0 amide bonds. The average molecular weight is 285 g/mol. The fourth-order valence-corrected chi connectivity index (χ4v) is 2.55. The summed E-state index contributed by atoms with van der Waals surface area (Å²) in [4.78, 5) is 0. The predicted molar refractivity (Wildman–Crippen MR) is 77.8 cm³/mol. The zero-order chi connectivity index (χ0) is 15.0. The van der Waals surface area contributed by atoms with E-state index in [9.17, 15) is 8.78 Å². The topological polar surface area (TPSA) is 21.3 Å². The molecule has 0 fully saturated rings. The molecule has 1 aromatic carbocycles. The van der Waals surface area contributed by atoms with Gasteiger partial charge in [0.2, 0.25) is 0 Å². The second-order valence-corrected chi connectivity index (χ2v) is 5.64. The first-order valence-electron chi connectivity index (χ1n) is 7.14. The predicted octanol–water partition coefficient (Wildman–Crippen LogP) is 3.55. The zero-order valence-corrected chi connectivity index (χ0v) is 12.6. The molecule has 20 heavy (non-hydrogen) atoms. The van der Waals surface area contributed by atoms with E-state index >= 15 is 0 Å². The molecule has 0 spiro atoms. The Labute approximate surface area is 120 Å². The van der Waals surface area contributed by atoms with Crippen LogP contribution in [0.4, 0.5) is 8.78 Å². The Hall–Kier alpha value is -1.00. The number of hydrogen-bond acceptors (Lipinski definition) is 2. The smallest absolute Gasteiger partial charge is 0.126 e. The lowest BCUT2D eigenvalue weighted by molar-refractivity contribution is 0.189. The van der Waals surface area contributed by atoms with E-state index < -0.39 is 0 Å². The molecule has 1 atom stereocenters. The average Bonchev–Trinajstić information content (AvgIpc) is 2.39. The minimum Gasteiger partial charge on any atom is -0.383 e. The summed E-state index contributed by atoms with van der Waals surface area (Å²) in [6.07, 6.45) is 2.51. The minimum atomic E-state index is -0.382. The molecule has 1 unspecified atom stereocenters. The molecule has 0 saturated carbocycles. The summed E-state index contributed by atoms with van der Waals surface area (Å²) in [5.74, 6) is -0.710. The van der Waals surface area contributed by atoms with Crippen molar-refractivity contribution >= 4 is 0 Å². The molecule has 0 aromatic heterocycles. The fraction of sp³-hybridized carbons (Fsp3) is 0.625. The number of methoxy groups -OCH3 is 1.